The maximum absolute atomic E-state index is 13.4. The molecule has 1 heterocycles. The van der Waals surface area contributed by atoms with E-state index in [1.165, 1.54) is 12.1 Å². The van der Waals surface area contributed by atoms with E-state index in [-0.39, 0.29) is 29.9 Å². The summed E-state index contributed by atoms with van der Waals surface area (Å²) >= 11 is 0. The van der Waals surface area contributed by atoms with Gasteiger partial charge >= 0.3 is 5.63 Å². The Balaban J connectivity index is 1.84. The van der Waals surface area contributed by atoms with E-state index in [4.69, 9.17) is 14.3 Å². The van der Waals surface area contributed by atoms with Crippen LogP contribution in [0.25, 0.3) is 22.1 Å². The molecule has 0 bridgehead atoms. The zero-order chi connectivity index (χ0) is 20.3. The van der Waals surface area contributed by atoms with Crippen LogP contribution in [-0.2, 0) is 4.79 Å². The first-order valence-corrected chi connectivity index (χ1v) is 8.43. The van der Waals surface area contributed by atoms with Crippen LogP contribution in [0.15, 0.2) is 51.7 Å². The second-order valence-corrected chi connectivity index (χ2v) is 6.25. The Kier molecular flexibility index (Phi) is 5.70. The third-order valence-electron chi connectivity index (χ3n) is 3.93. The van der Waals surface area contributed by atoms with Crippen LogP contribution in [0.3, 0.4) is 0 Å². The van der Waals surface area contributed by atoms with Crippen molar-refractivity contribution in [2.24, 2.45) is 0 Å². The van der Waals surface area contributed by atoms with Crippen LogP contribution in [0.1, 0.15) is 6.92 Å². The quantitative estimate of drug-likeness (QED) is 0.633. The van der Waals surface area contributed by atoms with Crippen molar-refractivity contribution >= 4 is 16.9 Å². The van der Waals surface area contributed by atoms with Gasteiger partial charge in [0.2, 0.25) is 0 Å². The van der Waals surface area contributed by atoms with Crippen LogP contribution in [0, 0.1) is 11.6 Å². The van der Waals surface area contributed by atoms with Gasteiger partial charge in [0.05, 0.1) is 12.2 Å². The molecule has 0 saturated carbocycles. The fourth-order valence-electron chi connectivity index (χ4n) is 2.60. The molecule has 0 radical (unpaired) electrons. The molecule has 0 aliphatic rings. The van der Waals surface area contributed by atoms with Gasteiger partial charge < -0.3 is 19.6 Å². The van der Waals surface area contributed by atoms with Crippen molar-refractivity contribution in [1.29, 1.82) is 0 Å². The number of aliphatic hydroxyl groups excluding tert-OH is 1. The van der Waals surface area contributed by atoms with E-state index in [0.29, 0.717) is 17.2 Å². The minimum Gasteiger partial charge on any atom is -0.484 e. The largest absolute Gasteiger partial charge is 0.484 e. The average Bonchev–Trinajstić information content (AvgIpc) is 2.64. The summed E-state index contributed by atoms with van der Waals surface area (Å²) in [4.78, 5) is 23.9. The maximum atomic E-state index is 13.4. The fourth-order valence-corrected chi connectivity index (χ4v) is 2.60. The summed E-state index contributed by atoms with van der Waals surface area (Å²) in [5, 5.41) is 12.0. The predicted octanol–water partition coefficient (Wildman–Crippen LogP) is 2.61. The van der Waals surface area contributed by atoms with Gasteiger partial charge in [-0.05, 0) is 42.8 Å². The van der Waals surface area contributed by atoms with Crippen molar-refractivity contribution in [1.82, 2.24) is 5.32 Å². The topological polar surface area (TPSA) is 88.8 Å². The number of ether oxygens (including phenoxy) is 1. The number of amides is 1. The van der Waals surface area contributed by atoms with Crippen molar-refractivity contribution in [3.63, 3.8) is 0 Å². The van der Waals surface area contributed by atoms with Gasteiger partial charge in [-0.15, -0.1) is 0 Å². The maximum Gasteiger partial charge on any atom is 0.344 e. The number of halogens is 2. The summed E-state index contributed by atoms with van der Waals surface area (Å²) in [6.07, 6.45) is 0. The number of fused-ring (bicyclic) bond motifs is 1. The highest BCUT2D eigenvalue weighted by Gasteiger charge is 2.12. The fraction of sp³-hybridized carbons (Fsp3) is 0.200. The Hall–Kier alpha value is -3.26. The van der Waals surface area contributed by atoms with E-state index < -0.39 is 29.2 Å². The Bertz CT molecular complexity index is 1060. The lowest BCUT2D eigenvalue weighted by molar-refractivity contribution is -0.124. The van der Waals surface area contributed by atoms with Gasteiger partial charge in [-0.25, -0.2) is 13.6 Å². The first-order chi connectivity index (χ1) is 13.4. The van der Waals surface area contributed by atoms with Gasteiger partial charge in [0, 0.05) is 23.6 Å². The van der Waals surface area contributed by atoms with Crippen LogP contribution in [-0.4, -0.2) is 30.3 Å². The highest BCUT2D eigenvalue weighted by molar-refractivity contribution is 5.83. The molecule has 0 fully saturated rings. The molecule has 6 nitrogen and oxygen atoms in total. The zero-order valence-corrected chi connectivity index (χ0v) is 14.9. The summed E-state index contributed by atoms with van der Waals surface area (Å²) in [7, 11) is 0. The Labute approximate surface area is 158 Å². The van der Waals surface area contributed by atoms with Crippen LogP contribution in [0.5, 0.6) is 5.75 Å². The number of carbonyl (C=O) groups is 1. The second-order valence-electron chi connectivity index (χ2n) is 6.25. The van der Waals surface area contributed by atoms with Crippen LogP contribution >= 0.6 is 0 Å². The molecule has 28 heavy (non-hydrogen) atoms. The van der Waals surface area contributed by atoms with E-state index in [9.17, 15) is 18.4 Å². The number of hydrogen-bond donors (Lipinski definition) is 2. The highest BCUT2D eigenvalue weighted by atomic mass is 19.1. The Morgan fingerprint density at radius 3 is 2.57 bits per heavy atom. The molecule has 3 rings (SSSR count). The van der Waals surface area contributed by atoms with E-state index in [1.807, 2.05) is 0 Å². The lowest BCUT2D eigenvalue weighted by Gasteiger charge is -2.11. The van der Waals surface area contributed by atoms with Crippen LogP contribution in [0.2, 0.25) is 0 Å². The van der Waals surface area contributed by atoms with E-state index in [2.05, 4.69) is 5.32 Å². The van der Waals surface area contributed by atoms with Gasteiger partial charge in [0.25, 0.3) is 5.91 Å². The molecule has 0 spiro atoms. The molecule has 1 amide bonds. The van der Waals surface area contributed by atoms with Gasteiger partial charge in [0.15, 0.2) is 6.61 Å². The molecular weight excluding hydrogens is 372 g/mol. The molecule has 0 saturated heterocycles. The molecule has 0 aliphatic carbocycles. The summed E-state index contributed by atoms with van der Waals surface area (Å²) < 4.78 is 37.5. The first-order valence-electron chi connectivity index (χ1n) is 8.43. The number of carbonyl (C=O) groups excluding carboxylic acids is 1. The van der Waals surface area contributed by atoms with Gasteiger partial charge in [-0.2, -0.15) is 0 Å². The zero-order valence-electron chi connectivity index (χ0n) is 14.9. The number of nitrogens with one attached hydrogen (secondary N) is 1. The van der Waals surface area contributed by atoms with Crippen LogP contribution in [0.4, 0.5) is 8.78 Å². The van der Waals surface area contributed by atoms with E-state index in [1.54, 1.807) is 19.1 Å². The molecule has 1 aromatic heterocycles. The van der Waals surface area contributed by atoms with E-state index in [0.717, 1.165) is 12.1 Å². The van der Waals surface area contributed by atoms with Gasteiger partial charge in [-0.1, -0.05) is 0 Å². The number of rotatable bonds is 6. The van der Waals surface area contributed by atoms with Crippen molar-refractivity contribution in [2.75, 3.05) is 13.2 Å². The molecular formula is C20H17F2NO5. The van der Waals surface area contributed by atoms with Gasteiger partial charge in [-0.3, -0.25) is 4.79 Å². The third kappa shape index (κ3) is 4.52. The molecule has 0 aliphatic heterocycles. The van der Waals surface area contributed by atoms with Crippen LogP contribution < -0.4 is 15.7 Å². The minimum atomic E-state index is -0.799. The Morgan fingerprint density at radius 1 is 1.18 bits per heavy atom. The normalized spacial score (nSPS) is 12.0. The highest BCUT2D eigenvalue weighted by Crippen LogP contribution is 2.25. The molecule has 3 aromatic rings. The van der Waals surface area contributed by atoms with Crippen molar-refractivity contribution in [3.05, 3.63) is 64.5 Å². The summed E-state index contributed by atoms with van der Waals surface area (Å²) in [6, 6.07) is 8.49. The molecule has 8 heteroatoms. The summed E-state index contributed by atoms with van der Waals surface area (Å²) in [6.45, 7) is 1.18. The minimum absolute atomic E-state index is 0.0249. The lowest BCUT2D eigenvalue weighted by Crippen LogP contribution is -2.38. The first kappa shape index (κ1) is 19.5. The molecule has 1 atom stereocenters. The molecule has 2 aromatic carbocycles. The second kappa shape index (κ2) is 8.18. The van der Waals surface area contributed by atoms with Gasteiger partial charge in [0.1, 0.15) is 23.0 Å². The lowest BCUT2D eigenvalue weighted by atomic mass is 10.1. The summed E-state index contributed by atoms with van der Waals surface area (Å²) in [5.41, 5.74) is -0.462. The SMILES string of the molecule is CC(CO)NC(=O)COc1ccc2cc(-c3cc(F)cc(F)c3)c(=O)oc2c1. The predicted molar refractivity (Wildman–Crippen MR) is 98.0 cm³/mol. The summed E-state index contributed by atoms with van der Waals surface area (Å²) in [5.74, 6) is -1.71. The average molecular weight is 389 g/mol. The molecule has 1 unspecified atom stereocenters. The number of hydrogen-bond acceptors (Lipinski definition) is 5. The number of benzene rings is 2. The van der Waals surface area contributed by atoms with E-state index >= 15 is 0 Å². The molecule has 146 valence electrons. The smallest absolute Gasteiger partial charge is 0.344 e. The molecule has 2 N–H and O–H groups in total. The standard InChI is InChI=1S/C20H17F2NO5/c1-11(9-24)23-19(25)10-27-16-3-2-12-6-17(20(26)28-18(12)8-16)13-4-14(21)7-15(22)5-13/h2-8,11,24H,9-10H2,1H3,(H,23,25). The number of aliphatic hydroxyl groups is 1. The third-order valence-corrected chi connectivity index (χ3v) is 3.93. The Morgan fingerprint density at radius 2 is 1.89 bits per heavy atom. The van der Waals surface area contributed by atoms with Crippen molar-refractivity contribution in [2.45, 2.75) is 13.0 Å². The van der Waals surface area contributed by atoms with Crippen molar-refractivity contribution in [3.8, 4) is 16.9 Å². The van der Waals surface area contributed by atoms with Crippen molar-refractivity contribution < 1.29 is 27.8 Å². The monoisotopic (exact) mass is 389 g/mol.